The lowest BCUT2D eigenvalue weighted by molar-refractivity contribution is 0.285. The lowest BCUT2D eigenvalue weighted by Gasteiger charge is -2.18. The second-order valence-electron chi connectivity index (χ2n) is 15.5. The minimum absolute atomic E-state index is 0.202. The molecule has 4 heterocycles. The normalized spacial score (nSPS) is 16.1. The third-order valence-corrected chi connectivity index (χ3v) is 16.4. The van der Waals surface area contributed by atoms with Crippen LogP contribution in [0.4, 0.5) is 0 Å². The van der Waals surface area contributed by atoms with Crippen LogP contribution in [-0.2, 0) is 33.1 Å². The molecule has 2 aromatic heterocycles. The van der Waals surface area contributed by atoms with E-state index in [9.17, 15) is 16.8 Å². The number of hydrogen-bond acceptors (Lipinski definition) is 9. The van der Waals surface area contributed by atoms with Crippen molar-refractivity contribution in [3.63, 3.8) is 0 Å². The second-order valence-corrected chi connectivity index (χ2v) is 21.8. The first-order valence-corrected chi connectivity index (χ1v) is 25.4. The van der Waals surface area contributed by atoms with Crippen molar-refractivity contribution in [2.75, 3.05) is 59.5 Å². The van der Waals surface area contributed by atoms with Crippen molar-refractivity contribution in [1.82, 2.24) is 28.4 Å². The van der Waals surface area contributed by atoms with Gasteiger partial charge in [0.1, 0.15) is 10.6 Å². The zero-order valence-corrected chi connectivity index (χ0v) is 40.4. The van der Waals surface area contributed by atoms with Crippen molar-refractivity contribution in [3.8, 4) is 5.75 Å². The van der Waals surface area contributed by atoms with Gasteiger partial charge in [0, 0.05) is 75.9 Å². The highest BCUT2D eigenvalue weighted by Crippen LogP contribution is 2.34. The summed E-state index contributed by atoms with van der Waals surface area (Å²) in [5.41, 5.74) is 4.56. The zero-order chi connectivity index (χ0) is 42.6. The summed E-state index contributed by atoms with van der Waals surface area (Å²) in [6, 6.07) is 23.7. The largest absolute Gasteiger partial charge is 0.497 e. The molecule has 2 saturated heterocycles. The average Bonchev–Trinajstić information content (AvgIpc) is 3.48. The maximum atomic E-state index is 13.6. The fourth-order valence-corrected chi connectivity index (χ4v) is 12.3. The number of fused-ring (bicyclic) bond motifs is 2. The summed E-state index contributed by atoms with van der Waals surface area (Å²) < 4.78 is 64.5. The number of hydrogen-bond donors (Lipinski definition) is 2. The van der Waals surface area contributed by atoms with Gasteiger partial charge in [-0.05, 0) is 144 Å². The number of nitrogens with one attached hydrogen (secondary N) is 2. The van der Waals surface area contributed by atoms with Gasteiger partial charge in [-0.2, -0.15) is 0 Å². The van der Waals surface area contributed by atoms with Crippen molar-refractivity contribution in [2.45, 2.75) is 55.5 Å². The summed E-state index contributed by atoms with van der Waals surface area (Å²) in [6.45, 7) is 13.5. The van der Waals surface area contributed by atoms with E-state index in [0.29, 0.717) is 38.6 Å². The van der Waals surface area contributed by atoms with Gasteiger partial charge in [-0.25, -0.2) is 24.8 Å². The second kappa shape index (κ2) is 19.5. The van der Waals surface area contributed by atoms with Crippen molar-refractivity contribution in [1.29, 1.82) is 0 Å². The number of rotatable bonds is 10. The molecule has 16 heteroatoms. The predicted octanol–water partition coefficient (Wildman–Crippen LogP) is 8.77. The molecule has 2 aliphatic rings. The standard InChI is InChI=1S/C23H28BrN3O2S.C21H23Br2N3O3S/c1-17(2)18-4-7-21(8-5-18)30(28,29)27-16-19(15-26-12-3-10-25-11-13-26)22-14-20(24)6-9-23(22)27;1-29-17-4-6-21(19(23)12-17)30(27,28)26-14-15(13-25-9-2-7-24-8-10-25)18-11-16(22)3-5-20(18)26/h4-9,14,16-17,25H,3,10-13,15H2,1-2H3;3-6,11-12,14,24H,2,7-10,13H2,1H3. The lowest BCUT2D eigenvalue weighted by atomic mass is 10.0. The quantitative estimate of drug-likeness (QED) is 0.139. The third-order valence-electron chi connectivity index (χ3n) is 11.1. The molecule has 0 spiro atoms. The van der Waals surface area contributed by atoms with Gasteiger partial charge in [-0.1, -0.05) is 57.8 Å². The fourth-order valence-electron chi connectivity index (χ4n) is 7.79. The first kappa shape index (κ1) is 45.0. The Labute approximate surface area is 378 Å². The first-order chi connectivity index (χ1) is 28.8. The summed E-state index contributed by atoms with van der Waals surface area (Å²) >= 11 is 10.5. The molecule has 2 aliphatic heterocycles. The van der Waals surface area contributed by atoms with E-state index in [1.54, 1.807) is 49.8 Å². The molecule has 0 unspecified atom stereocenters. The Kier molecular flexibility index (Phi) is 14.7. The topological polar surface area (TPSA) is 118 Å². The SMILES string of the molecule is CC(C)c1ccc(S(=O)(=O)n2cc(CN3CCCNCC3)c3cc(Br)ccc32)cc1.COc1ccc(S(=O)(=O)n2cc(CN3CCCNCC3)c3cc(Br)ccc32)c(Br)c1. The minimum atomic E-state index is -3.79. The van der Waals surface area contributed by atoms with E-state index >= 15 is 0 Å². The maximum Gasteiger partial charge on any atom is 0.269 e. The van der Waals surface area contributed by atoms with Crippen molar-refractivity contribution in [3.05, 3.63) is 121 Å². The Morgan fingerprint density at radius 3 is 1.63 bits per heavy atom. The van der Waals surface area contributed by atoms with Crippen LogP contribution in [0.3, 0.4) is 0 Å². The highest BCUT2D eigenvalue weighted by molar-refractivity contribution is 9.11. The van der Waals surface area contributed by atoms with Crippen LogP contribution in [0.1, 0.15) is 49.3 Å². The highest BCUT2D eigenvalue weighted by Gasteiger charge is 2.26. The molecule has 0 bridgehead atoms. The average molecular weight is 1050 g/mol. The monoisotopic (exact) mass is 1040 g/mol. The maximum absolute atomic E-state index is 13.6. The molecule has 0 saturated carbocycles. The number of halogens is 3. The summed E-state index contributed by atoms with van der Waals surface area (Å²) in [5.74, 6) is 0.957. The van der Waals surface area contributed by atoms with E-state index in [1.807, 2.05) is 48.5 Å². The molecule has 2 N–H and O–H groups in total. The Morgan fingerprint density at radius 1 is 0.633 bits per heavy atom. The van der Waals surface area contributed by atoms with Crippen LogP contribution in [-0.4, -0.2) is 94.0 Å². The molecule has 60 heavy (non-hydrogen) atoms. The number of ether oxygens (including phenoxy) is 1. The molecule has 2 fully saturated rings. The fraction of sp³-hybridized carbons (Fsp3) is 0.364. The molecule has 0 aliphatic carbocycles. The van der Waals surface area contributed by atoms with Gasteiger partial charge in [0.05, 0.1) is 23.0 Å². The van der Waals surface area contributed by atoms with Gasteiger partial charge in [0.2, 0.25) is 0 Å². The van der Waals surface area contributed by atoms with Gasteiger partial charge in [-0.3, -0.25) is 9.80 Å². The van der Waals surface area contributed by atoms with Gasteiger partial charge in [-0.15, -0.1) is 0 Å². The number of nitrogens with zero attached hydrogens (tertiary/aromatic N) is 4. The molecular formula is C44H51Br3N6O5S2. The first-order valence-electron chi connectivity index (χ1n) is 20.2. The van der Waals surface area contributed by atoms with Crippen molar-refractivity contribution >= 4 is 89.6 Å². The predicted molar refractivity (Wildman–Crippen MR) is 251 cm³/mol. The van der Waals surface area contributed by atoms with Crippen LogP contribution in [0.5, 0.6) is 5.75 Å². The summed E-state index contributed by atoms with van der Waals surface area (Å²) in [7, 11) is -5.92. The van der Waals surface area contributed by atoms with Gasteiger partial charge in [0.25, 0.3) is 20.0 Å². The molecule has 0 atom stereocenters. The van der Waals surface area contributed by atoms with Crippen LogP contribution in [0, 0.1) is 0 Å². The summed E-state index contributed by atoms with van der Waals surface area (Å²) in [5, 5.41) is 8.75. The lowest BCUT2D eigenvalue weighted by Crippen LogP contribution is -2.27. The van der Waals surface area contributed by atoms with Crippen LogP contribution in [0.2, 0.25) is 0 Å². The van der Waals surface area contributed by atoms with Crippen molar-refractivity contribution < 1.29 is 21.6 Å². The molecule has 8 rings (SSSR count). The highest BCUT2D eigenvalue weighted by atomic mass is 79.9. The van der Waals surface area contributed by atoms with Crippen molar-refractivity contribution in [2.24, 2.45) is 0 Å². The molecule has 0 amide bonds. The van der Waals surface area contributed by atoms with E-state index in [-0.39, 0.29) is 4.90 Å². The Balaban J connectivity index is 0.000000181. The molecular weight excluding hydrogens is 996 g/mol. The molecule has 0 radical (unpaired) electrons. The van der Waals surface area contributed by atoms with Crippen LogP contribution in [0.15, 0.2) is 114 Å². The smallest absolute Gasteiger partial charge is 0.269 e. The number of benzene rings is 4. The van der Waals surface area contributed by atoms with Gasteiger partial charge >= 0.3 is 0 Å². The van der Waals surface area contributed by atoms with Crippen LogP contribution in [0.25, 0.3) is 21.8 Å². The van der Waals surface area contributed by atoms with E-state index in [1.165, 1.54) is 7.94 Å². The minimum Gasteiger partial charge on any atom is -0.497 e. The van der Waals surface area contributed by atoms with E-state index in [2.05, 4.69) is 82.1 Å². The number of methoxy groups -OCH3 is 1. The Hall–Kier alpha value is -3.06. The van der Waals surface area contributed by atoms with Crippen LogP contribution < -0.4 is 15.4 Å². The summed E-state index contributed by atoms with van der Waals surface area (Å²) in [6.07, 6.45) is 5.75. The summed E-state index contributed by atoms with van der Waals surface area (Å²) in [4.78, 5) is 5.28. The molecule has 11 nitrogen and oxygen atoms in total. The van der Waals surface area contributed by atoms with Gasteiger partial charge < -0.3 is 15.4 Å². The molecule has 320 valence electrons. The third kappa shape index (κ3) is 10.1. The molecule has 4 aromatic carbocycles. The van der Waals surface area contributed by atoms with E-state index < -0.39 is 20.0 Å². The Bertz CT molecular complexity index is 2670. The number of aromatic nitrogens is 2. The Morgan fingerprint density at radius 2 is 1.15 bits per heavy atom. The van der Waals surface area contributed by atoms with E-state index in [0.717, 1.165) is 108 Å². The van der Waals surface area contributed by atoms with Gasteiger partial charge in [0.15, 0.2) is 0 Å². The zero-order valence-electron chi connectivity index (χ0n) is 34.0. The van der Waals surface area contributed by atoms with Crippen LogP contribution >= 0.6 is 47.8 Å². The van der Waals surface area contributed by atoms with E-state index in [4.69, 9.17) is 4.74 Å². The molecule has 6 aromatic rings.